The van der Waals surface area contributed by atoms with E-state index in [4.69, 9.17) is 10.00 Å². The standard InChI is InChI=1S/C17H15N3O3/c1-23-11-16(21)19-14-5-7-15(8-6-14)20-17(22)13-4-2-3-12(9-13)10-18/h2-9H,11H2,1H3,(H,19,21)(H,20,22). The van der Waals surface area contributed by atoms with E-state index in [9.17, 15) is 9.59 Å². The predicted octanol–water partition coefficient (Wildman–Crippen LogP) is 2.40. The maximum absolute atomic E-state index is 12.1. The van der Waals surface area contributed by atoms with Crippen LogP contribution in [0.2, 0.25) is 0 Å². The third-order valence-corrected chi connectivity index (χ3v) is 2.96. The summed E-state index contributed by atoms with van der Waals surface area (Å²) in [5.41, 5.74) is 2.02. The zero-order valence-electron chi connectivity index (χ0n) is 12.5. The van der Waals surface area contributed by atoms with Crippen LogP contribution in [-0.2, 0) is 9.53 Å². The third-order valence-electron chi connectivity index (χ3n) is 2.96. The van der Waals surface area contributed by atoms with Crippen molar-refractivity contribution in [1.29, 1.82) is 5.26 Å². The first-order chi connectivity index (χ1) is 11.1. The Morgan fingerprint density at radius 2 is 1.74 bits per heavy atom. The van der Waals surface area contributed by atoms with Gasteiger partial charge in [0.2, 0.25) is 5.91 Å². The van der Waals surface area contributed by atoms with Crippen LogP contribution in [0.15, 0.2) is 48.5 Å². The van der Waals surface area contributed by atoms with Gasteiger partial charge < -0.3 is 15.4 Å². The number of anilines is 2. The minimum absolute atomic E-state index is 0.0201. The Balaban J connectivity index is 2.01. The number of nitriles is 1. The van der Waals surface area contributed by atoms with Crippen LogP contribution in [0.3, 0.4) is 0 Å². The quantitative estimate of drug-likeness (QED) is 0.887. The number of nitrogens with zero attached hydrogens (tertiary/aromatic N) is 1. The summed E-state index contributed by atoms with van der Waals surface area (Å²) in [7, 11) is 1.44. The number of ether oxygens (including phenoxy) is 1. The molecular formula is C17H15N3O3. The highest BCUT2D eigenvalue weighted by atomic mass is 16.5. The Hall–Kier alpha value is -3.17. The molecular weight excluding hydrogens is 294 g/mol. The largest absolute Gasteiger partial charge is 0.375 e. The Morgan fingerprint density at radius 1 is 1.09 bits per heavy atom. The summed E-state index contributed by atoms with van der Waals surface area (Å²) < 4.78 is 4.73. The Bertz CT molecular complexity index is 748. The number of carbonyl (C=O) groups excluding carboxylic acids is 2. The molecule has 0 aliphatic rings. The van der Waals surface area contributed by atoms with Gasteiger partial charge in [0.05, 0.1) is 11.6 Å². The molecule has 0 unspecified atom stereocenters. The van der Waals surface area contributed by atoms with Crippen molar-refractivity contribution in [2.24, 2.45) is 0 Å². The van der Waals surface area contributed by atoms with Gasteiger partial charge in [0.15, 0.2) is 0 Å². The van der Waals surface area contributed by atoms with Gasteiger partial charge in [-0.15, -0.1) is 0 Å². The van der Waals surface area contributed by atoms with E-state index >= 15 is 0 Å². The van der Waals surface area contributed by atoms with Gasteiger partial charge in [-0.3, -0.25) is 9.59 Å². The second kappa shape index (κ2) is 7.73. The number of hydrogen-bond donors (Lipinski definition) is 2. The number of nitrogens with one attached hydrogen (secondary N) is 2. The minimum Gasteiger partial charge on any atom is -0.375 e. The number of methoxy groups -OCH3 is 1. The van der Waals surface area contributed by atoms with E-state index in [0.29, 0.717) is 22.5 Å². The van der Waals surface area contributed by atoms with Crippen molar-refractivity contribution >= 4 is 23.2 Å². The summed E-state index contributed by atoms with van der Waals surface area (Å²) in [4.78, 5) is 23.5. The van der Waals surface area contributed by atoms with E-state index in [1.54, 1.807) is 42.5 Å². The first kappa shape index (κ1) is 16.2. The molecule has 0 aromatic heterocycles. The smallest absolute Gasteiger partial charge is 0.255 e. The fourth-order valence-corrected chi connectivity index (χ4v) is 1.90. The molecule has 0 atom stereocenters. The van der Waals surface area contributed by atoms with Gasteiger partial charge in [0.1, 0.15) is 6.61 Å². The molecule has 0 aliphatic carbocycles. The summed E-state index contributed by atoms with van der Waals surface area (Å²) >= 11 is 0. The van der Waals surface area contributed by atoms with Crippen LogP contribution in [0.5, 0.6) is 0 Å². The van der Waals surface area contributed by atoms with Gasteiger partial charge in [-0.2, -0.15) is 5.26 Å². The van der Waals surface area contributed by atoms with Gasteiger partial charge >= 0.3 is 0 Å². The lowest BCUT2D eigenvalue weighted by molar-refractivity contribution is -0.119. The Labute approximate surface area is 133 Å². The summed E-state index contributed by atoms with van der Waals surface area (Å²) in [6.07, 6.45) is 0. The van der Waals surface area contributed by atoms with Crippen molar-refractivity contribution in [3.8, 4) is 6.07 Å². The number of amides is 2. The zero-order valence-corrected chi connectivity index (χ0v) is 12.5. The third kappa shape index (κ3) is 4.66. The van der Waals surface area contributed by atoms with Crippen molar-refractivity contribution in [3.63, 3.8) is 0 Å². The number of hydrogen-bond acceptors (Lipinski definition) is 4. The number of rotatable bonds is 5. The maximum Gasteiger partial charge on any atom is 0.255 e. The van der Waals surface area contributed by atoms with E-state index in [0.717, 1.165) is 0 Å². The van der Waals surface area contributed by atoms with Gasteiger partial charge in [0, 0.05) is 24.0 Å². The highest BCUT2D eigenvalue weighted by Crippen LogP contribution is 2.15. The maximum atomic E-state index is 12.1. The highest BCUT2D eigenvalue weighted by molar-refractivity contribution is 6.04. The average molecular weight is 309 g/mol. The van der Waals surface area contributed by atoms with E-state index in [1.165, 1.54) is 13.2 Å². The lowest BCUT2D eigenvalue weighted by Crippen LogP contribution is -2.17. The SMILES string of the molecule is COCC(=O)Nc1ccc(NC(=O)c2cccc(C#N)c2)cc1. The summed E-state index contributed by atoms with van der Waals surface area (Å²) in [5, 5.41) is 14.2. The first-order valence-corrected chi connectivity index (χ1v) is 6.83. The molecule has 116 valence electrons. The van der Waals surface area contributed by atoms with Crippen molar-refractivity contribution in [2.45, 2.75) is 0 Å². The molecule has 6 nitrogen and oxygen atoms in total. The molecule has 2 aromatic rings. The second-order valence-corrected chi connectivity index (χ2v) is 4.71. The van der Waals surface area contributed by atoms with Gasteiger partial charge in [-0.25, -0.2) is 0 Å². The number of carbonyl (C=O) groups is 2. The van der Waals surface area contributed by atoms with Gasteiger partial charge in [-0.1, -0.05) is 6.07 Å². The van der Waals surface area contributed by atoms with Gasteiger partial charge in [0.25, 0.3) is 5.91 Å². The monoisotopic (exact) mass is 309 g/mol. The first-order valence-electron chi connectivity index (χ1n) is 6.83. The lowest BCUT2D eigenvalue weighted by Gasteiger charge is -2.08. The van der Waals surface area contributed by atoms with Crippen LogP contribution in [0, 0.1) is 11.3 Å². The molecule has 0 bridgehead atoms. The summed E-state index contributed by atoms with van der Waals surface area (Å²) in [6.45, 7) is -0.0201. The van der Waals surface area contributed by atoms with Crippen LogP contribution in [0.1, 0.15) is 15.9 Å². The second-order valence-electron chi connectivity index (χ2n) is 4.71. The fraction of sp³-hybridized carbons (Fsp3) is 0.118. The summed E-state index contributed by atoms with van der Waals surface area (Å²) in [5.74, 6) is -0.559. The average Bonchev–Trinajstić information content (AvgIpc) is 2.57. The number of benzene rings is 2. The molecule has 23 heavy (non-hydrogen) atoms. The molecule has 0 fully saturated rings. The van der Waals surface area contributed by atoms with Crippen LogP contribution < -0.4 is 10.6 Å². The van der Waals surface area contributed by atoms with Crippen molar-refractivity contribution in [2.75, 3.05) is 24.4 Å². The van der Waals surface area contributed by atoms with Gasteiger partial charge in [-0.05, 0) is 42.5 Å². The molecule has 0 aliphatic heterocycles. The highest BCUT2D eigenvalue weighted by Gasteiger charge is 2.07. The zero-order chi connectivity index (χ0) is 16.7. The summed E-state index contributed by atoms with van der Waals surface area (Å²) in [6, 6.07) is 15.1. The molecule has 2 rings (SSSR count). The van der Waals surface area contributed by atoms with E-state index < -0.39 is 0 Å². The van der Waals surface area contributed by atoms with Crippen molar-refractivity contribution in [1.82, 2.24) is 0 Å². The predicted molar refractivity (Wildman–Crippen MR) is 86.1 cm³/mol. The molecule has 0 heterocycles. The van der Waals surface area contributed by atoms with Crippen LogP contribution >= 0.6 is 0 Å². The van der Waals surface area contributed by atoms with Crippen molar-refractivity contribution in [3.05, 3.63) is 59.7 Å². The molecule has 2 N–H and O–H groups in total. The lowest BCUT2D eigenvalue weighted by atomic mass is 10.1. The normalized spacial score (nSPS) is 9.74. The molecule has 0 spiro atoms. The molecule has 6 heteroatoms. The van der Waals surface area contributed by atoms with Crippen LogP contribution in [0.4, 0.5) is 11.4 Å². The van der Waals surface area contributed by atoms with E-state index in [-0.39, 0.29) is 18.4 Å². The van der Waals surface area contributed by atoms with E-state index in [2.05, 4.69) is 10.6 Å². The molecule has 2 amide bonds. The van der Waals surface area contributed by atoms with E-state index in [1.807, 2.05) is 6.07 Å². The Kier molecular flexibility index (Phi) is 5.45. The molecule has 0 saturated heterocycles. The Morgan fingerprint density at radius 3 is 2.35 bits per heavy atom. The molecule has 0 saturated carbocycles. The fourth-order valence-electron chi connectivity index (χ4n) is 1.90. The molecule has 0 radical (unpaired) electrons. The molecule has 2 aromatic carbocycles. The van der Waals surface area contributed by atoms with Crippen molar-refractivity contribution < 1.29 is 14.3 Å². The minimum atomic E-state index is -0.307. The van der Waals surface area contributed by atoms with Crippen LogP contribution in [0.25, 0.3) is 0 Å². The van der Waals surface area contributed by atoms with Crippen LogP contribution in [-0.4, -0.2) is 25.5 Å². The topological polar surface area (TPSA) is 91.2 Å².